The van der Waals surface area contributed by atoms with Gasteiger partial charge in [0.05, 0.1) is 0 Å². The zero-order chi connectivity index (χ0) is 12.6. The SMILES string of the molecule is CC(=O)N(C)CCC(C)COCCC(C)C. The fourth-order valence-corrected chi connectivity index (χ4v) is 1.26. The Hall–Kier alpha value is -0.570. The molecule has 96 valence electrons. The maximum atomic E-state index is 11.0. The Morgan fingerprint density at radius 2 is 1.88 bits per heavy atom. The van der Waals surface area contributed by atoms with Gasteiger partial charge in [-0.2, -0.15) is 0 Å². The molecule has 1 amide bonds. The molecule has 0 aromatic rings. The van der Waals surface area contributed by atoms with Gasteiger partial charge in [-0.15, -0.1) is 0 Å². The molecule has 0 spiro atoms. The molecule has 0 aromatic heterocycles. The fraction of sp³-hybridized carbons (Fsp3) is 0.923. The summed E-state index contributed by atoms with van der Waals surface area (Å²) in [7, 11) is 1.84. The number of rotatable bonds is 8. The predicted molar refractivity (Wildman–Crippen MR) is 67.4 cm³/mol. The summed E-state index contributed by atoms with van der Waals surface area (Å²) in [5.74, 6) is 1.36. The summed E-state index contributed by atoms with van der Waals surface area (Å²) >= 11 is 0. The molecule has 0 bridgehead atoms. The highest BCUT2D eigenvalue weighted by Crippen LogP contribution is 2.05. The van der Waals surface area contributed by atoms with Gasteiger partial charge in [0.25, 0.3) is 0 Å². The van der Waals surface area contributed by atoms with Crippen LogP contribution in [0.15, 0.2) is 0 Å². The standard InChI is InChI=1S/C13H27NO2/c1-11(2)7-9-16-10-12(3)6-8-14(5)13(4)15/h11-12H,6-10H2,1-5H3. The lowest BCUT2D eigenvalue weighted by Gasteiger charge is -2.18. The van der Waals surface area contributed by atoms with Crippen LogP contribution >= 0.6 is 0 Å². The summed E-state index contributed by atoms with van der Waals surface area (Å²) in [4.78, 5) is 12.7. The van der Waals surface area contributed by atoms with E-state index in [4.69, 9.17) is 4.74 Å². The molecule has 0 fully saturated rings. The van der Waals surface area contributed by atoms with Crippen LogP contribution in [0, 0.1) is 11.8 Å². The average Bonchev–Trinajstić information content (AvgIpc) is 2.20. The van der Waals surface area contributed by atoms with Gasteiger partial charge in [0.1, 0.15) is 0 Å². The van der Waals surface area contributed by atoms with E-state index in [1.807, 2.05) is 7.05 Å². The van der Waals surface area contributed by atoms with Gasteiger partial charge in [-0.3, -0.25) is 4.79 Å². The number of nitrogens with zero attached hydrogens (tertiary/aromatic N) is 1. The molecule has 0 N–H and O–H groups in total. The summed E-state index contributed by atoms with van der Waals surface area (Å²) < 4.78 is 5.60. The molecule has 0 radical (unpaired) electrons. The van der Waals surface area contributed by atoms with Crippen LogP contribution < -0.4 is 0 Å². The molecule has 3 heteroatoms. The van der Waals surface area contributed by atoms with Crippen molar-refractivity contribution in [3.63, 3.8) is 0 Å². The van der Waals surface area contributed by atoms with E-state index < -0.39 is 0 Å². The van der Waals surface area contributed by atoms with Gasteiger partial charge in [-0.1, -0.05) is 20.8 Å². The Morgan fingerprint density at radius 1 is 1.25 bits per heavy atom. The minimum atomic E-state index is 0.132. The van der Waals surface area contributed by atoms with Crippen molar-refractivity contribution in [1.29, 1.82) is 0 Å². The van der Waals surface area contributed by atoms with E-state index in [-0.39, 0.29) is 5.91 Å². The van der Waals surface area contributed by atoms with Crippen molar-refractivity contribution in [2.24, 2.45) is 11.8 Å². The highest BCUT2D eigenvalue weighted by molar-refractivity contribution is 5.72. The van der Waals surface area contributed by atoms with Crippen molar-refractivity contribution >= 4 is 5.91 Å². The summed E-state index contributed by atoms with van der Waals surface area (Å²) in [6.45, 7) is 10.7. The minimum Gasteiger partial charge on any atom is -0.381 e. The van der Waals surface area contributed by atoms with Crippen LogP contribution in [-0.2, 0) is 9.53 Å². The fourth-order valence-electron chi connectivity index (χ4n) is 1.26. The summed E-state index contributed by atoms with van der Waals surface area (Å²) in [6.07, 6.45) is 2.14. The van der Waals surface area contributed by atoms with Crippen LogP contribution in [0.2, 0.25) is 0 Å². The van der Waals surface area contributed by atoms with Gasteiger partial charge in [0.2, 0.25) is 5.91 Å². The Morgan fingerprint density at radius 3 is 2.38 bits per heavy atom. The van der Waals surface area contributed by atoms with Gasteiger partial charge >= 0.3 is 0 Å². The molecule has 0 saturated heterocycles. The lowest BCUT2D eigenvalue weighted by atomic mass is 10.1. The van der Waals surface area contributed by atoms with E-state index in [1.54, 1.807) is 11.8 Å². The first kappa shape index (κ1) is 15.4. The first-order valence-electron chi connectivity index (χ1n) is 6.23. The van der Waals surface area contributed by atoms with Gasteiger partial charge in [0, 0.05) is 33.7 Å². The first-order valence-corrected chi connectivity index (χ1v) is 6.23. The van der Waals surface area contributed by atoms with Gasteiger partial charge in [0.15, 0.2) is 0 Å². The molecular weight excluding hydrogens is 202 g/mol. The van der Waals surface area contributed by atoms with Crippen LogP contribution in [0.4, 0.5) is 0 Å². The number of hydrogen-bond acceptors (Lipinski definition) is 2. The molecule has 16 heavy (non-hydrogen) atoms. The second-order valence-corrected chi connectivity index (χ2v) is 5.09. The number of amides is 1. The average molecular weight is 229 g/mol. The summed E-state index contributed by atoms with van der Waals surface area (Å²) in [5.41, 5.74) is 0. The van der Waals surface area contributed by atoms with E-state index in [0.717, 1.165) is 32.6 Å². The normalized spacial score (nSPS) is 12.9. The molecule has 0 aliphatic heterocycles. The number of carbonyl (C=O) groups is 1. The van der Waals surface area contributed by atoms with Crippen molar-refractivity contribution in [3.8, 4) is 0 Å². The summed E-state index contributed by atoms with van der Waals surface area (Å²) in [5, 5.41) is 0. The third-order valence-electron chi connectivity index (χ3n) is 2.74. The third-order valence-corrected chi connectivity index (χ3v) is 2.74. The van der Waals surface area contributed by atoms with Crippen molar-refractivity contribution in [1.82, 2.24) is 4.90 Å². The van der Waals surface area contributed by atoms with Gasteiger partial charge in [-0.05, 0) is 24.7 Å². The Kier molecular flexibility index (Phi) is 8.26. The van der Waals surface area contributed by atoms with Crippen molar-refractivity contribution in [3.05, 3.63) is 0 Å². The van der Waals surface area contributed by atoms with Gasteiger partial charge < -0.3 is 9.64 Å². The molecule has 0 aliphatic rings. The predicted octanol–water partition coefficient (Wildman–Crippen LogP) is 2.55. The topological polar surface area (TPSA) is 29.5 Å². The highest BCUT2D eigenvalue weighted by atomic mass is 16.5. The zero-order valence-corrected chi connectivity index (χ0v) is 11.5. The first-order chi connectivity index (χ1) is 7.43. The number of ether oxygens (including phenoxy) is 1. The second kappa shape index (κ2) is 8.57. The Balaban J connectivity index is 3.44. The quantitative estimate of drug-likeness (QED) is 0.599. The Labute approximate surface area is 100 Å². The largest absolute Gasteiger partial charge is 0.381 e. The van der Waals surface area contributed by atoms with E-state index >= 15 is 0 Å². The van der Waals surface area contributed by atoms with E-state index in [1.165, 1.54) is 0 Å². The van der Waals surface area contributed by atoms with Crippen molar-refractivity contribution in [2.45, 2.75) is 40.5 Å². The van der Waals surface area contributed by atoms with Gasteiger partial charge in [-0.25, -0.2) is 0 Å². The Bertz CT molecular complexity index is 192. The molecule has 0 aromatic carbocycles. The molecule has 0 heterocycles. The van der Waals surface area contributed by atoms with E-state index in [9.17, 15) is 4.79 Å². The zero-order valence-electron chi connectivity index (χ0n) is 11.5. The molecule has 1 atom stereocenters. The van der Waals surface area contributed by atoms with Crippen LogP contribution in [-0.4, -0.2) is 37.6 Å². The van der Waals surface area contributed by atoms with Crippen LogP contribution in [0.1, 0.15) is 40.5 Å². The van der Waals surface area contributed by atoms with Crippen LogP contribution in [0.3, 0.4) is 0 Å². The minimum absolute atomic E-state index is 0.132. The summed E-state index contributed by atoms with van der Waals surface area (Å²) in [6, 6.07) is 0. The maximum absolute atomic E-state index is 11.0. The maximum Gasteiger partial charge on any atom is 0.219 e. The van der Waals surface area contributed by atoms with Crippen molar-refractivity contribution < 1.29 is 9.53 Å². The highest BCUT2D eigenvalue weighted by Gasteiger charge is 2.06. The monoisotopic (exact) mass is 229 g/mol. The van der Waals surface area contributed by atoms with E-state index in [2.05, 4.69) is 20.8 Å². The van der Waals surface area contributed by atoms with E-state index in [0.29, 0.717) is 11.8 Å². The smallest absolute Gasteiger partial charge is 0.219 e. The van der Waals surface area contributed by atoms with Crippen LogP contribution in [0.5, 0.6) is 0 Å². The lowest BCUT2D eigenvalue weighted by Crippen LogP contribution is -2.26. The molecule has 0 rings (SSSR count). The third kappa shape index (κ3) is 8.72. The van der Waals surface area contributed by atoms with Crippen LogP contribution in [0.25, 0.3) is 0 Å². The molecule has 3 nitrogen and oxygen atoms in total. The lowest BCUT2D eigenvalue weighted by molar-refractivity contribution is -0.127. The van der Waals surface area contributed by atoms with Crippen molar-refractivity contribution in [2.75, 3.05) is 26.8 Å². The number of carbonyl (C=O) groups excluding carboxylic acids is 1. The second-order valence-electron chi connectivity index (χ2n) is 5.09. The molecular formula is C13H27NO2. The number of hydrogen-bond donors (Lipinski definition) is 0. The molecule has 0 saturated carbocycles. The molecule has 1 unspecified atom stereocenters. The molecule has 0 aliphatic carbocycles.